The lowest BCUT2D eigenvalue weighted by atomic mass is 9.68. The van der Waals surface area contributed by atoms with Gasteiger partial charge in [0, 0.05) is 21.6 Å². The summed E-state index contributed by atoms with van der Waals surface area (Å²) in [6.07, 6.45) is 0.722. The summed E-state index contributed by atoms with van der Waals surface area (Å²) in [5.41, 5.74) is 0.720. The van der Waals surface area contributed by atoms with Crippen molar-refractivity contribution in [2.45, 2.75) is 22.6 Å². The molecule has 2 aliphatic heterocycles. The molecule has 7 atom stereocenters. The highest BCUT2D eigenvalue weighted by Gasteiger charge is 2.69. The SMILES string of the molecule is O=C(O)CN1C(=O)C2C3CC(C2C1=O)C1C(c2ccccc2O)c2sc(=O)[nH]c2SC31. The van der Waals surface area contributed by atoms with Gasteiger partial charge in [0.2, 0.25) is 11.8 Å². The number of phenolic OH excluding ortho intramolecular Hbond substituents is 1. The first-order valence-corrected chi connectivity index (χ1v) is 11.8. The Kier molecular flexibility index (Phi) is 3.98. The lowest BCUT2D eigenvalue weighted by Crippen LogP contribution is -2.42. The molecule has 2 aromatic rings. The molecule has 6 rings (SSSR count). The molecule has 1 saturated heterocycles. The van der Waals surface area contributed by atoms with Gasteiger partial charge in [0.15, 0.2) is 0 Å². The van der Waals surface area contributed by atoms with Gasteiger partial charge in [-0.15, -0.1) is 11.8 Å². The Hall–Kier alpha value is -2.59. The van der Waals surface area contributed by atoms with Crippen LogP contribution in [0.3, 0.4) is 0 Å². The van der Waals surface area contributed by atoms with E-state index in [1.54, 1.807) is 23.9 Å². The van der Waals surface area contributed by atoms with E-state index in [4.69, 9.17) is 5.11 Å². The number of H-pyrrole nitrogens is 1. The van der Waals surface area contributed by atoms with Crippen LogP contribution < -0.4 is 4.87 Å². The number of benzene rings is 1. The summed E-state index contributed by atoms with van der Waals surface area (Å²) >= 11 is 2.69. The Morgan fingerprint density at radius 3 is 2.55 bits per heavy atom. The molecular weight excluding hydrogens is 440 g/mol. The van der Waals surface area contributed by atoms with Gasteiger partial charge in [-0.1, -0.05) is 29.5 Å². The highest BCUT2D eigenvalue weighted by atomic mass is 32.2. The molecular formula is C21H18N2O6S2. The molecule has 0 radical (unpaired) electrons. The van der Waals surface area contributed by atoms with Crippen LogP contribution >= 0.6 is 23.1 Å². The third kappa shape index (κ3) is 2.48. The molecule has 3 fully saturated rings. The highest BCUT2D eigenvalue weighted by molar-refractivity contribution is 8.00. The summed E-state index contributed by atoms with van der Waals surface area (Å²) in [4.78, 5) is 54.0. The number of carboxylic acid groups (broad SMARTS) is 1. The Balaban J connectivity index is 1.47. The second kappa shape index (κ2) is 6.46. The van der Waals surface area contributed by atoms with E-state index < -0.39 is 30.3 Å². The summed E-state index contributed by atoms with van der Waals surface area (Å²) in [6.45, 7) is -0.601. The van der Waals surface area contributed by atoms with E-state index in [-0.39, 0.29) is 45.5 Å². The van der Waals surface area contributed by atoms with E-state index in [2.05, 4.69) is 4.98 Å². The van der Waals surface area contributed by atoms with Crippen LogP contribution in [-0.2, 0) is 14.4 Å². The second-order valence-corrected chi connectivity index (χ2v) is 10.9. The van der Waals surface area contributed by atoms with Crippen molar-refractivity contribution < 1.29 is 24.6 Å². The average Bonchev–Trinajstić information content (AvgIpc) is 3.44. The van der Waals surface area contributed by atoms with E-state index in [1.807, 2.05) is 12.1 Å². The van der Waals surface area contributed by atoms with E-state index in [0.29, 0.717) is 0 Å². The predicted molar refractivity (Wildman–Crippen MR) is 111 cm³/mol. The van der Waals surface area contributed by atoms with Gasteiger partial charge in [0.25, 0.3) is 0 Å². The number of carboxylic acids is 1. The monoisotopic (exact) mass is 458 g/mol. The van der Waals surface area contributed by atoms with Crippen LogP contribution in [-0.4, -0.2) is 49.7 Å². The fraction of sp³-hybridized carbons (Fsp3) is 0.429. The van der Waals surface area contributed by atoms with Crippen LogP contribution in [0.15, 0.2) is 34.1 Å². The number of thioether (sulfide) groups is 1. The lowest BCUT2D eigenvalue weighted by molar-refractivity contribution is -0.149. The molecule has 2 amide bonds. The minimum Gasteiger partial charge on any atom is -0.508 e. The van der Waals surface area contributed by atoms with E-state index in [0.717, 1.165) is 38.1 Å². The van der Waals surface area contributed by atoms with Gasteiger partial charge in [-0.25, -0.2) is 0 Å². The molecule has 0 spiro atoms. The molecule has 7 unspecified atom stereocenters. The normalized spacial score (nSPS) is 35.2. The third-order valence-corrected chi connectivity index (χ3v) is 9.97. The molecule has 8 nitrogen and oxygen atoms in total. The minimum absolute atomic E-state index is 0.00938. The fourth-order valence-electron chi connectivity index (χ4n) is 6.47. The van der Waals surface area contributed by atoms with Crippen molar-refractivity contribution in [2.24, 2.45) is 29.6 Å². The predicted octanol–water partition coefficient (Wildman–Crippen LogP) is 1.70. The van der Waals surface area contributed by atoms with Crippen molar-refractivity contribution in [1.29, 1.82) is 0 Å². The standard InChI is InChI=1S/C21H18N2O6S2/c24-10-4-2-1-3-7(10)12-13-8-5-9(16(13)30-18-17(12)31-21(29)22-18)15-14(8)19(27)23(20(15)28)6-11(25)26/h1-4,8-9,12-16,24H,5-6H2,(H,22,29)(H,25,26). The molecule has 4 aliphatic rings. The number of para-hydroxylation sites is 1. The topological polar surface area (TPSA) is 128 Å². The molecule has 10 heteroatoms. The number of aromatic amines is 1. The van der Waals surface area contributed by atoms with Crippen molar-refractivity contribution in [3.63, 3.8) is 0 Å². The number of nitrogens with zero attached hydrogens (tertiary/aromatic N) is 1. The first kappa shape index (κ1) is 19.1. The summed E-state index contributed by atoms with van der Waals surface area (Å²) in [6, 6.07) is 7.06. The number of carbonyl (C=O) groups excluding carboxylic acids is 2. The van der Waals surface area contributed by atoms with Crippen molar-refractivity contribution in [1.82, 2.24) is 9.88 Å². The van der Waals surface area contributed by atoms with Crippen molar-refractivity contribution in [3.05, 3.63) is 44.4 Å². The largest absolute Gasteiger partial charge is 0.508 e. The molecule has 2 aliphatic carbocycles. The van der Waals surface area contributed by atoms with Crippen LogP contribution in [0.4, 0.5) is 0 Å². The van der Waals surface area contributed by atoms with Crippen molar-refractivity contribution >= 4 is 40.9 Å². The number of amides is 2. The lowest BCUT2D eigenvalue weighted by Gasteiger charge is -2.43. The van der Waals surface area contributed by atoms with Crippen LogP contribution in [0, 0.1) is 29.6 Å². The molecule has 3 N–H and O–H groups in total. The number of aromatic nitrogens is 1. The molecule has 1 aromatic heterocycles. The number of aliphatic carboxylic acids is 1. The molecule has 2 bridgehead atoms. The first-order valence-electron chi connectivity index (χ1n) is 10.1. The maximum absolute atomic E-state index is 13.1. The van der Waals surface area contributed by atoms with E-state index in [1.165, 1.54) is 0 Å². The Labute approximate surface area is 184 Å². The van der Waals surface area contributed by atoms with Crippen LogP contribution in [0.2, 0.25) is 0 Å². The summed E-state index contributed by atoms with van der Waals surface area (Å²) in [5, 5.41) is 20.6. The van der Waals surface area contributed by atoms with Crippen LogP contribution in [0.1, 0.15) is 22.8 Å². The van der Waals surface area contributed by atoms with Crippen molar-refractivity contribution in [3.8, 4) is 5.75 Å². The van der Waals surface area contributed by atoms with Gasteiger partial charge in [0.1, 0.15) is 12.3 Å². The number of carbonyl (C=O) groups is 3. The van der Waals surface area contributed by atoms with E-state index in [9.17, 15) is 24.3 Å². The van der Waals surface area contributed by atoms with Gasteiger partial charge < -0.3 is 15.2 Å². The Morgan fingerprint density at radius 2 is 1.84 bits per heavy atom. The second-order valence-electron chi connectivity index (χ2n) is 8.68. The number of fused-ring (bicyclic) bond motifs is 9. The minimum atomic E-state index is -1.20. The Bertz CT molecular complexity index is 1200. The Morgan fingerprint density at radius 1 is 1.13 bits per heavy atom. The number of rotatable bonds is 3. The number of hydrogen-bond acceptors (Lipinski definition) is 7. The van der Waals surface area contributed by atoms with Crippen LogP contribution in [0.5, 0.6) is 5.75 Å². The number of phenols is 1. The molecule has 31 heavy (non-hydrogen) atoms. The smallest absolute Gasteiger partial charge is 0.323 e. The number of nitrogens with one attached hydrogen (secondary N) is 1. The molecule has 2 saturated carbocycles. The van der Waals surface area contributed by atoms with Gasteiger partial charge >= 0.3 is 10.8 Å². The third-order valence-electron chi connectivity index (χ3n) is 7.38. The van der Waals surface area contributed by atoms with Crippen LogP contribution in [0.25, 0.3) is 0 Å². The number of thiazole rings is 1. The van der Waals surface area contributed by atoms with Gasteiger partial charge in [-0.2, -0.15) is 0 Å². The van der Waals surface area contributed by atoms with Gasteiger partial charge in [-0.05, 0) is 30.2 Å². The maximum Gasteiger partial charge on any atom is 0.323 e. The zero-order chi connectivity index (χ0) is 21.6. The summed E-state index contributed by atoms with van der Waals surface area (Å²) in [5.74, 6) is -3.29. The summed E-state index contributed by atoms with van der Waals surface area (Å²) in [7, 11) is 0. The first-order chi connectivity index (χ1) is 14.9. The fourth-order valence-corrected chi connectivity index (χ4v) is 9.35. The van der Waals surface area contributed by atoms with Gasteiger partial charge in [-0.3, -0.25) is 24.1 Å². The number of imide groups is 1. The van der Waals surface area contributed by atoms with E-state index >= 15 is 0 Å². The van der Waals surface area contributed by atoms with Crippen molar-refractivity contribution in [2.75, 3.05) is 6.54 Å². The molecule has 3 heterocycles. The highest BCUT2D eigenvalue weighted by Crippen LogP contribution is 2.68. The number of likely N-dealkylation sites (tertiary alicyclic amines) is 1. The maximum atomic E-state index is 13.1. The number of aromatic hydroxyl groups is 1. The average molecular weight is 459 g/mol. The number of hydrogen-bond donors (Lipinski definition) is 3. The molecule has 1 aromatic carbocycles. The summed E-state index contributed by atoms with van der Waals surface area (Å²) < 4.78 is 0. The zero-order valence-electron chi connectivity index (χ0n) is 16.1. The quantitative estimate of drug-likeness (QED) is 0.597. The van der Waals surface area contributed by atoms with Gasteiger partial charge in [0.05, 0.1) is 16.9 Å². The molecule has 160 valence electrons. The zero-order valence-corrected chi connectivity index (χ0v) is 17.7.